The Labute approximate surface area is 171 Å². The molecular formula is C22H40N4O2. The topological polar surface area (TPSA) is 31.4 Å². The summed E-state index contributed by atoms with van der Waals surface area (Å²) in [6.07, 6.45) is 6.09. The first kappa shape index (κ1) is 19.7. The van der Waals surface area contributed by atoms with Crippen molar-refractivity contribution in [2.75, 3.05) is 39.6 Å². The highest BCUT2D eigenvalue weighted by Gasteiger charge is 2.49. The normalized spacial score (nSPS) is 43.5. The van der Waals surface area contributed by atoms with E-state index in [2.05, 4.69) is 47.3 Å². The highest BCUT2D eigenvalue weighted by atomic mass is 16.5. The van der Waals surface area contributed by atoms with Crippen molar-refractivity contribution < 1.29 is 9.47 Å². The van der Waals surface area contributed by atoms with Crippen LogP contribution in [0.4, 0.5) is 0 Å². The molecule has 6 atom stereocenters. The lowest BCUT2D eigenvalue weighted by Gasteiger charge is -2.43. The van der Waals surface area contributed by atoms with E-state index in [4.69, 9.17) is 9.47 Å². The molecule has 5 rings (SSSR count). The standard InChI is InChI=1S/C22H40N4O2/c1-15(2)19-11-27-21-9-23(13-25(19)21)17-7-5-6-8-18(17)24-10-22-26(14-24)20(12-28-22)16(3)4/h15-22H,5-14H2,1-4H3/t17?,18?,19-,20-,21?,22?/m1/s1. The highest BCUT2D eigenvalue weighted by Crippen LogP contribution is 2.37. The predicted octanol–water partition coefficient (Wildman–Crippen LogP) is 2.21. The number of hydrogen-bond acceptors (Lipinski definition) is 6. The van der Waals surface area contributed by atoms with E-state index in [1.807, 2.05) is 0 Å². The summed E-state index contributed by atoms with van der Waals surface area (Å²) in [6.45, 7) is 15.6. The lowest BCUT2D eigenvalue weighted by atomic mass is 9.88. The first-order valence-electron chi connectivity index (χ1n) is 11.8. The lowest BCUT2D eigenvalue weighted by Crippen LogP contribution is -2.54. The van der Waals surface area contributed by atoms with Gasteiger partial charge in [-0.3, -0.25) is 19.6 Å². The molecule has 0 N–H and O–H groups in total. The number of nitrogens with zero attached hydrogens (tertiary/aromatic N) is 4. The highest BCUT2D eigenvalue weighted by molar-refractivity contribution is 4.99. The number of hydrogen-bond donors (Lipinski definition) is 0. The zero-order valence-electron chi connectivity index (χ0n) is 18.3. The SMILES string of the molecule is CC(C)[C@H]1COC2CN(C3CCCCC3N3CC4OC[C@H](C(C)C)N4C3)CN21. The maximum atomic E-state index is 6.18. The molecule has 0 aromatic heterocycles. The van der Waals surface area contributed by atoms with Gasteiger partial charge in [-0.2, -0.15) is 0 Å². The van der Waals surface area contributed by atoms with Crippen molar-refractivity contribution in [1.29, 1.82) is 0 Å². The van der Waals surface area contributed by atoms with E-state index in [0.717, 1.165) is 39.6 Å². The number of fused-ring (bicyclic) bond motifs is 2. The molecule has 0 spiro atoms. The average Bonchev–Trinajstić information content (AvgIpc) is 3.40. The minimum absolute atomic E-state index is 0.324. The Morgan fingerprint density at radius 1 is 0.679 bits per heavy atom. The third kappa shape index (κ3) is 3.34. The van der Waals surface area contributed by atoms with Crippen LogP contribution in [0.3, 0.4) is 0 Å². The van der Waals surface area contributed by atoms with Crippen LogP contribution in [0.2, 0.25) is 0 Å². The Morgan fingerprint density at radius 3 is 1.50 bits per heavy atom. The van der Waals surface area contributed by atoms with Gasteiger partial charge >= 0.3 is 0 Å². The molecule has 4 saturated heterocycles. The zero-order chi connectivity index (χ0) is 19.4. The van der Waals surface area contributed by atoms with Gasteiger partial charge in [0.15, 0.2) is 0 Å². The smallest absolute Gasteiger partial charge is 0.124 e. The van der Waals surface area contributed by atoms with E-state index >= 15 is 0 Å². The van der Waals surface area contributed by atoms with Crippen LogP contribution in [0.15, 0.2) is 0 Å². The molecule has 1 saturated carbocycles. The Morgan fingerprint density at radius 2 is 1.11 bits per heavy atom. The van der Waals surface area contributed by atoms with Gasteiger partial charge < -0.3 is 9.47 Å². The van der Waals surface area contributed by atoms with E-state index in [9.17, 15) is 0 Å². The summed E-state index contributed by atoms with van der Waals surface area (Å²) >= 11 is 0. The second kappa shape index (κ2) is 7.78. The van der Waals surface area contributed by atoms with E-state index in [0.29, 0.717) is 48.5 Å². The maximum absolute atomic E-state index is 6.18. The molecule has 0 aromatic rings. The fourth-order valence-corrected chi connectivity index (χ4v) is 6.45. The second-order valence-electron chi connectivity index (χ2n) is 10.5. The van der Waals surface area contributed by atoms with Crippen molar-refractivity contribution in [3.63, 3.8) is 0 Å². The van der Waals surface area contributed by atoms with Crippen molar-refractivity contribution in [3.05, 3.63) is 0 Å². The molecule has 6 nitrogen and oxygen atoms in total. The molecule has 4 unspecified atom stereocenters. The van der Waals surface area contributed by atoms with Crippen LogP contribution in [0, 0.1) is 11.8 Å². The number of ether oxygens (including phenoxy) is 2. The van der Waals surface area contributed by atoms with Crippen molar-refractivity contribution in [2.24, 2.45) is 11.8 Å². The van der Waals surface area contributed by atoms with Gasteiger partial charge in [0.25, 0.3) is 0 Å². The van der Waals surface area contributed by atoms with E-state index < -0.39 is 0 Å². The van der Waals surface area contributed by atoms with Gasteiger partial charge in [0, 0.05) is 37.3 Å². The van der Waals surface area contributed by atoms with E-state index in [-0.39, 0.29) is 0 Å². The van der Waals surface area contributed by atoms with Crippen molar-refractivity contribution >= 4 is 0 Å². The quantitative estimate of drug-likeness (QED) is 0.729. The number of rotatable bonds is 4. The van der Waals surface area contributed by atoms with Crippen LogP contribution in [-0.4, -0.2) is 95.9 Å². The molecule has 160 valence electrons. The second-order valence-corrected chi connectivity index (χ2v) is 10.5. The molecule has 0 bridgehead atoms. The molecule has 28 heavy (non-hydrogen) atoms. The summed E-state index contributed by atoms with van der Waals surface area (Å²) in [5.41, 5.74) is 0. The van der Waals surface area contributed by atoms with Crippen molar-refractivity contribution in [3.8, 4) is 0 Å². The summed E-state index contributed by atoms with van der Waals surface area (Å²) in [7, 11) is 0. The molecular weight excluding hydrogens is 352 g/mol. The molecule has 0 radical (unpaired) electrons. The Hall–Kier alpha value is -0.240. The first-order chi connectivity index (χ1) is 13.5. The largest absolute Gasteiger partial charge is 0.360 e. The summed E-state index contributed by atoms with van der Waals surface area (Å²) in [4.78, 5) is 10.8. The van der Waals surface area contributed by atoms with Crippen LogP contribution >= 0.6 is 0 Å². The summed E-state index contributed by atoms with van der Waals surface area (Å²) in [6, 6.07) is 2.53. The lowest BCUT2D eigenvalue weighted by molar-refractivity contribution is 0.0317. The Balaban J connectivity index is 1.27. The molecule has 0 aromatic carbocycles. The minimum atomic E-state index is 0.324. The fraction of sp³-hybridized carbons (Fsp3) is 1.00. The average molecular weight is 393 g/mol. The summed E-state index contributed by atoms with van der Waals surface area (Å²) in [5, 5.41) is 0. The minimum Gasteiger partial charge on any atom is -0.360 e. The van der Waals surface area contributed by atoms with Crippen LogP contribution in [0.25, 0.3) is 0 Å². The molecule has 1 aliphatic carbocycles. The molecule has 5 aliphatic rings. The van der Waals surface area contributed by atoms with E-state index in [1.54, 1.807) is 0 Å². The van der Waals surface area contributed by atoms with Crippen molar-refractivity contribution in [2.45, 2.75) is 90.0 Å². The molecule has 4 heterocycles. The Kier molecular flexibility index (Phi) is 5.48. The molecule has 4 aliphatic heterocycles. The van der Waals surface area contributed by atoms with Gasteiger partial charge in [-0.15, -0.1) is 0 Å². The molecule has 5 fully saturated rings. The third-order valence-corrected chi connectivity index (χ3v) is 8.15. The van der Waals surface area contributed by atoms with Gasteiger partial charge in [-0.25, -0.2) is 0 Å². The van der Waals surface area contributed by atoms with E-state index in [1.165, 1.54) is 25.7 Å². The van der Waals surface area contributed by atoms with Gasteiger partial charge in [0.2, 0.25) is 0 Å². The van der Waals surface area contributed by atoms with Gasteiger partial charge in [0.05, 0.1) is 26.6 Å². The van der Waals surface area contributed by atoms with Gasteiger partial charge in [-0.05, 0) is 24.7 Å². The summed E-state index contributed by atoms with van der Waals surface area (Å²) < 4.78 is 12.4. The van der Waals surface area contributed by atoms with Crippen LogP contribution in [0.5, 0.6) is 0 Å². The monoisotopic (exact) mass is 392 g/mol. The molecule has 6 heteroatoms. The van der Waals surface area contributed by atoms with Crippen molar-refractivity contribution in [1.82, 2.24) is 19.6 Å². The van der Waals surface area contributed by atoms with Crippen LogP contribution < -0.4 is 0 Å². The zero-order valence-corrected chi connectivity index (χ0v) is 18.3. The fourth-order valence-electron chi connectivity index (χ4n) is 6.45. The Bertz CT molecular complexity index is 511. The summed E-state index contributed by atoms with van der Waals surface area (Å²) in [5.74, 6) is 1.34. The maximum Gasteiger partial charge on any atom is 0.124 e. The van der Waals surface area contributed by atoms with Gasteiger partial charge in [-0.1, -0.05) is 40.5 Å². The first-order valence-corrected chi connectivity index (χ1v) is 11.8. The van der Waals surface area contributed by atoms with Gasteiger partial charge in [0.1, 0.15) is 12.5 Å². The predicted molar refractivity (Wildman–Crippen MR) is 110 cm³/mol. The van der Waals surface area contributed by atoms with Crippen LogP contribution in [-0.2, 0) is 9.47 Å². The molecule has 0 amide bonds. The van der Waals surface area contributed by atoms with Crippen LogP contribution in [0.1, 0.15) is 53.4 Å². The third-order valence-electron chi connectivity index (χ3n) is 8.15.